The Hall–Kier alpha value is -2.99. The Balaban J connectivity index is 1.29. The first-order valence-electron chi connectivity index (χ1n) is 14.2. The first kappa shape index (κ1) is 29.0. The molecular weight excluding hydrogens is 501 g/mol. The van der Waals surface area contributed by atoms with Crippen molar-refractivity contribution in [1.82, 2.24) is 0 Å². The second-order valence-electron chi connectivity index (χ2n) is 10.3. The van der Waals surface area contributed by atoms with Crippen LogP contribution in [0, 0.1) is 17.5 Å². The minimum atomic E-state index is -0.882. The lowest BCUT2D eigenvalue weighted by molar-refractivity contribution is 0.0117. The van der Waals surface area contributed by atoms with Crippen molar-refractivity contribution in [2.24, 2.45) is 0 Å². The average molecular weight is 541 g/mol. The molecule has 0 atom stereocenters. The SMILES string of the molecule is CCCCOc1ccc(-c2ccc(COC3CCC(c4ccc(OCCCC)cc4F)CC3)c(F)c2F)cc1. The maximum Gasteiger partial charge on any atom is 0.167 e. The summed E-state index contributed by atoms with van der Waals surface area (Å²) in [5.41, 5.74) is 1.71. The number of benzene rings is 3. The molecule has 1 saturated carbocycles. The third-order valence-electron chi connectivity index (χ3n) is 7.42. The van der Waals surface area contributed by atoms with E-state index in [-0.39, 0.29) is 35.6 Å². The maximum absolute atomic E-state index is 14.9. The van der Waals surface area contributed by atoms with E-state index in [9.17, 15) is 13.2 Å². The molecule has 6 heteroatoms. The summed E-state index contributed by atoms with van der Waals surface area (Å²) in [6.07, 6.45) is 6.97. The molecule has 0 aromatic heterocycles. The molecule has 0 saturated heterocycles. The van der Waals surface area contributed by atoms with Gasteiger partial charge in [-0.1, -0.05) is 57.0 Å². The summed E-state index contributed by atoms with van der Waals surface area (Å²) >= 11 is 0. The van der Waals surface area contributed by atoms with Gasteiger partial charge in [-0.3, -0.25) is 0 Å². The van der Waals surface area contributed by atoms with Gasteiger partial charge in [0.15, 0.2) is 11.6 Å². The standard InChI is InChI=1S/C33H39F3O3/c1-3-5-19-37-26-12-9-24(10-13-26)30-17-11-25(32(35)33(30)36)22-39-27-14-7-23(8-15-27)29-18-16-28(21-31(29)34)38-20-6-4-2/h9-13,16-18,21,23,27H,3-8,14-15,19-20,22H2,1-2H3. The van der Waals surface area contributed by atoms with Gasteiger partial charge < -0.3 is 14.2 Å². The van der Waals surface area contributed by atoms with E-state index in [1.54, 1.807) is 36.4 Å². The molecule has 3 aromatic rings. The van der Waals surface area contributed by atoms with Gasteiger partial charge in [0.2, 0.25) is 0 Å². The van der Waals surface area contributed by atoms with Crippen molar-refractivity contribution in [2.45, 2.75) is 83.8 Å². The quantitative estimate of drug-likeness (QED) is 0.202. The van der Waals surface area contributed by atoms with Crippen molar-refractivity contribution >= 4 is 0 Å². The van der Waals surface area contributed by atoms with Crippen LogP contribution in [-0.2, 0) is 11.3 Å². The Bertz CT molecular complexity index is 1190. The third-order valence-corrected chi connectivity index (χ3v) is 7.42. The van der Waals surface area contributed by atoms with E-state index >= 15 is 0 Å². The van der Waals surface area contributed by atoms with Crippen LogP contribution >= 0.6 is 0 Å². The van der Waals surface area contributed by atoms with Gasteiger partial charge in [0.1, 0.15) is 17.3 Å². The zero-order valence-corrected chi connectivity index (χ0v) is 23.0. The van der Waals surface area contributed by atoms with Crippen molar-refractivity contribution in [3.63, 3.8) is 0 Å². The van der Waals surface area contributed by atoms with Crippen LogP contribution in [0.15, 0.2) is 54.6 Å². The van der Waals surface area contributed by atoms with Crippen molar-refractivity contribution in [2.75, 3.05) is 13.2 Å². The van der Waals surface area contributed by atoms with Gasteiger partial charge in [-0.15, -0.1) is 0 Å². The highest BCUT2D eigenvalue weighted by atomic mass is 19.2. The predicted molar refractivity (Wildman–Crippen MR) is 149 cm³/mol. The van der Waals surface area contributed by atoms with E-state index in [0.717, 1.165) is 51.4 Å². The predicted octanol–water partition coefficient (Wildman–Crippen LogP) is 9.37. The van der Waals surface area contributed by atoms with Gasteiger partial charge in [0.25, 0.3) is 0 Å². The number of halogens is 3. The topological polar surface area (TPSA) is 27.7 Å². The zero-order valence-electron chi connectivity index (χ0n) is 23.0. The molecule has 1 fully saturated rings. The van der Waals surface area contributed by atoms with Gasteiger partial charge in [-0.25, -0.2) is 13.2 Å². The lowest BCUT2D eigenvalue weighted by atomic mass is 9.82. The van der Waals surface area contributed by atoms with Crippen LogP contribution < -0.4 is 9.47 Å². The monoisotopic (exact) mass is 540 g/mol. The Morgan fingerprint density at radius 1 is 0.718 bits per heavy atom. The summed E-state index contributed by atoms with van der Waals surface area (Å²) in [4.78, 5) is 0. The van der Waals surface area contributed by atoms with Crippen LogP contribution in [-0.4, -0.2) is 19.3 Å². The summed E-state index contributed by atoms with van der Waals surface area (Å²) in [7, 11) is 0. The van der Waals surface area contributed by atoms with Crippen LogP contribution in [0.4, 0.5) is 13.2 Å². The highest BCUT2D eigenvalue weighted by molar-refractivity contribution is 5.65. The largest absolute Gasteiger partial charge is 0.494 e. The highest BCUT2D eigenvalue weighted by Crippen LogP contribution is 2.37. The number of hydrogen-bond donors (Lipinski definition) is 0. The zero-order chi connectivity index (χ0) is 27.6. The Kier molecular flexibility index (Phi) is 10.7. The fourth-order valence-electron chi connectivity index (χ4n) is 5.00. The molecule has 0 radical (unpaired) electrons. The fraction of sp³-hybridized carbons (Fsp3) is 0.455. The number of unbranched alkanes of at least 4 members (excludes halogenated alkanes) is 2. The minimum Gasteiger partial charge on any atom is -0.494 e. The van der Waals surface area contributed by atoms with Gasteiger partial charge in [0, 0.05) is 17.2 Å². The number of hydrogen-bond acceptors (Lipinski definition) is 3. The molecule has 39 heavy (non-hydrogen) atoms. The lowest BCUT2D eigenvalue weighted by Gasteiger charge is -2.29. The molecule has 1 aliphatic carbocycles. The second-order valence-corrected chi connectivity index (χ2v) is 10.3. The van der Waals surface area contributed by atoms with E-state index in [4.69, 9.17) is 14.2 Å². The summed E-state index contributed by atoms with van der Waals surface area (Å²) in [5.74, 6) is -0.597. The smallest absolute Gasteiger partial charge is 0.167 e. The van der Waals surface area contributed by atoms with Crippen molar-refractivity contribution in [3.05, 3.63) is 83.2 Å². The fourth-order valence-corrected chi connectivity index (χ4v) is 5.00. The molecule has 0 heterocycles. The molecular formula is C33H39F3O3. The van der Waals surface area contributed by atoms with E-state index in [1.807, 2.05) is 12.1 Å². The molecule has 1 aliphatic rings. The van der Waals surface area contributed by atoms with E-state index in [0.29, 0.717) is 35.8 Å². The van der Waals surface area contributed by atoms with Crippen molar-refractivity contribution < 1.29 is 27.4 Å². The van der Waals surface area contributed by atoms with Crippen LogP contribution in [0.1, 0.15) is 82.3 Å². The molecule has 3 nitrogen and oxygen atoms in total. The Morgan fingerprint density at radius 2 is 1.36 bits per heavy atom. The molecule has 0 unspecified atom stereocenters. The second kappa shape index (κ2) is 14.4. The van der Waals surface area contributed by atoms with Crippen molar-refractivity contribution in [1.29, 1.82) is 0 Å². The molecule has 0 spiro atoms. The van der Waals surface area contributed by atoms with Gasteiger partial charge in [0.05, 0.1) is 25.9 Å². The van der Waals surface area contributed by atoms with Crippen molar-refractivity contribution in [3.8, 4) is 22.6 Å². The third kappa shape index (κ3) is 7.78. The average Bonchev–Trinajstić information content (AvgIpc) is 2.95. The lowest BCUT2D eigenvalue weighted by Crippen LogP contribution is -2.21. The van der Waals surface area contributed by atoms with Gasteiger partial charge in [-0.2, -0.15) is 0 Å². The summed E-state index contributed by atoms with van der Waals surface area (Å²) in [6, 6.07) is 15.4. The van der Waals surface area contributed by atoms with Gasteiger partial charge >= 0.3 is 0 Å². The highest BCUT2D eigenvalue weighted by Gasteiger charge is 2.26. The van der Waals surface area contributed by atoms with E-state index in [1.165, 1.54) is 6.07 Å². The molecule has 0 aliphatic heterocycles. The van der Waals surface area contributed by atoms with Crippen LogP contribution in [0.5, 0.6) is 11.5 Å². The van der Waals surface area contributed by atoms with Gasteiger partial charge in [-0.05, 0) is 73.8 Å². The number of ether oxygens (including phenoxy) is 3. The van der Waals surface area contributed by atoms with Crippen LogP contribution in [0.2, 0.25) is 0 Å². The Labute approximate surface area is 230 Å². The molecule has 4 rings (SSSR count). The molecule has 0 bridgehead atoms. The Morgan fingerprint density at radius 3 is 2.00 bits per heavy atom. The maximum atomic E-state index is 14.9. The van der Waals surface area contributed by atoms with Crippen LogP contribution in [0.25, 0.3) is 11.1 Å². The summed E-state index contributed by atoms with van der Waals surface area (Å²) in [6.45, 7) is 5.41. The van der Waals surface area contributed by atoms with E-state index < -0.39 is 11.6 Å². The normalized spacial score (nSPS) is 17.3. The first-order chi connectivity index (χ1) is 19.0. The minimum absolute atomic E-state index is 0.000724. The molecule has 210 valence electrons. The summed E-state index contributed by atoms with van der Waals surface area (Å²) in [5, 5.41) is 0. The number of rotatable bonds is 13. The first-order valence-corrected chi connectivity index (χ1v) is 14.2. The van der Waals surface area contributed by atoms with E-state index in [2.05, 4.69) is 13.8 Å². The molecule has 3 aromatic carbocycles. The molecule has 0 N–H and O–H groups in total. The molecule has 0 amide bonds. The van der Waals surface area contributed by atoms with Crippen LogP contribution in [0.3, 0.4) is 0 Å². The summed E-state index contributed by atoms with van der Waals surface area (Å²) < 4.78 is 61.8.